The Labute approximate surface area is 133 Å². The van der Waals surface area contributed by atoms with Crippen molar-refractivity contribution in [3.8, 4) is 5.75 Å². The van der Waals surface area contributed by atoms with Gasteiger partial charge in [0.25, 0.3) is 0 Å². The lowest BCUT2D eigenvalue weighted by atomic mass is 10.1. The number of amides is 1. The first-order valence-corrected chi connectivity index (χ1v) is 7.53. The number of para-hydroxylation sites is 1. The van der Waals surface area contributed by atoms with Crippen LogP contribution in [0.5, 0.6) is 5.75 Å². The number of aryl methyl sites for hydroxylation is 1. The maximum atomic E-state index is 11.8. The fourth-order valence-corrected chi connectivity index (χ4v) is 2.08. The number of likely N-dealkylation sites (N-methyl/N-ethyl adjacent to an activating group) is 1. The van der Waals surface area contributed by atoms with Gasteiger partial charge in [-0.1, -0.05) is 18.2 Å². The monoisotopic (exact) mass is 308 g/mol. The van der Waals surface area contributed by atoms with E-state index in [1.54, 1.807) is 11.9 Å². The summed E-state index contributed by atoms with van der Waals surface area (Å²) in [7, 11) is 1.80. The van der Waals surface area contributed by atoms with Gasteiger partial charge in [0.15, 0.2) is 0 Å². The fourth-order valence-electron chi connectivity index (χ4n) is 2.08. The van der Waals surface area contributed by atoms with Crippen LogP contribution in [-0.4, -0.2) is 54.3 Å². The molecule has 1 aromatic carbocycles. The number of aliphatic hydroxyl groups is 1. The lowest BCUT2D eigenvalue weighted by Gasteiger charge is -2.24. The molecule has 1 aromatic rings. The van der Waals surface area contributed by atoms with Gasteiger partial charge in [0.1, 0.15) is 18.5 Å². The molecule has 1 atom stereocenters. The molecule has 22 heavy (non-hydrogen) atoms. The van der Waals surface area contributed by atoms with Gasteiger partial charge < -0.3 is 15.2 Å². The molecular weight excluding hydrogens is 280 g/mol. The third kappa shape index (κ3) is 7.43. The van der Waals surface area contributed by atoms with Crippen LogP contribution < -0.4 is 10.1 Å². The van der Waals surface area contributed by atoms with Crippen molar-refractivity contribution in [1.29, 1.82) is 0 Å². The lowest BCUT2D eigenvalue weighted by Crippen LogP contribution is -2.46. The van der Waals surface area contributed by atoms with Crippen molar-refractivity contribution in [3.05, 3.63) is 29.8 Å². The average Bonchev–Trinajstić information content (AvgIpc) is 2.35. The predicted molar refractivity (Wildman–Crippen MR) is 88.1 cm³/mol. The van der Waals surface area contributed by atoms with Gasteiger partial charge in [-0.15, -0.1) is 0 Å². The average molecular weight is 308 g/mol. The van der Waals surface area contributed by atoms with Crippen molar-refractivity contribution in [2.24, 2.45) is 0 Å². The molecule has 0 aromatic heterocycles. The molecule has 0 heterocycles. The van der Waals surface area contributed by atoms with Gasteiger partial charge in [-0.3, -0.25) is 9.69 Å². The predicted octanol–water partition coefficient (Wildman–Crippen LogP) is 1.58. The number of nitrogens with zero attached hydrogens (tertiary/aromatic N) is 1. The fraction of sp³-hybridized carbons (Fsp3) is 0.588. The van der Waals surface area contributed by atoms with Crippen LogP contribution >= 0.6 is 0 Å². The Morgan fingerprint density at radius 1 is 1.36 bits per heavy atom. The van der Waals surface area contributed by atoms with E-state index in [1.165, 1.54) is 0 Å². The minimum Gasteiger partial charge on any atom is -0.491 e. The van der Waals surface area contributed by atoms with Crippen LogP contribution in [0.4, 0.5) is 0 Å². The quantitative estimate of drug-likeness (QED) is 0.803. The zero-order chi connectivity index (χ0) is 16.8. The first-order chi connectivity index (χ1) is 10.2. The second kappa shape index (κ2) is 8.15. The van der Waals surface area contributed by atoms with Gasteiger partial charge in [-0.25, -0.2) is 0 Å². The second-order valence-corrected chi connectivity index (χ2v) is 6.73. The standard InChI is InChI=1S/C17H28N2O3/c1-13-8-6-7-9-15(13)22-12-14(20)10-19(5)11-16(21)18-17(2,3)4/h6-9,14,20H,10-12H2,1-5H3,(H,18,21). The van der Waals surface area contributed by atoms with Crippen LogP contribution in [0, 0.1) is 6.92 Å². The Bertz CT molecular complexity index is 483. The van der Waals surface area contributed by atoms with E-state index in [-0.39, 0.29) is 24.6 Å². The van der Waals surface area contributed by atoms with Crippen molar-refractivity contribution in [2.75, 3.05) is 26.7 Å². The van der Waals surface area contributed by atoms with Crippen LogP contribution in [0.3, 0.4) is 0 Å². The summed E-state index contributed by atoms with van der Waals surface area (Å²) in [5.74, 6) is 0.719. The minimum absolute atomic E-state index is 0.0537. The molecule has 1 unspecified atom stereocenters. The van der Waals surface area contributed by atoms with Gasteiger partial charge in [0, 0.05) is 12.1 Å². The Hall–Kier alpha value is -1.59. The van der Waals surface area contributed by atoms with E-state index >= 15 is 0 Å². The normalized spacial score (nSPS) is 13.0. The van der Waals surface area contributed by atoms with Gasteiger partial charge in [0.05, 0.1) is 6.54 Å². The van der Waals surface area contributed by atoms with Crippen LogP contribution in [0.15, 0.2) is 24.3 Å². The summed E-state index contributed by atoms with van der Waals surface area (Å²) in [6.45, 7) is 8.62. The molecule has 5 heteroatoms. The molecule has 0 aliphatic rings. The number of benzene rings is 1. The summed E-state index contributed by atoms with van der Waals surface area (Å²) in [6, 6.07) is 7.69. The SMILES string of the molecule is Cc1ccccc1OCC(O)CN(C)CC(=O)NC(C)(C)C. The summed E-state index contributed by atoms with van der Waals surface area (Å²) in [4.78, 5) is 13.6. The molecule has 0 aliphatic heterocycles. The lowest BCUT2D eigenvalue weighted by molar-refractivity contribution is -0.123. The molecule has 124 valence electrons. The Morgan fingerprint density at radius 2 is 2.00 bits per heavy atom. The molecule has 0 saturated carbocycles. The molecule has 1 amide bonds. The Morgan fingerprint density at radius 3 is 2.59 bits per heavy atom. The maximum absolute atomic E-state index is 11.8. The van der Waals surface area contributed by atoms with Crippen molar-refractivity contribution in [1.82, 2.24) is 10.2 Å². The van der Waals surface area contributed by atoms with Gasteiger partial charge >= 0.3 is 0 Å². The van der Waals surface area contributed by atoms with Gasteiger partial charge in [0.2, 0.25) is 5.91 Å². The molecule has 1 rings (SSSR count). The summed E-state index contributed by atoms with van der Waals surface area (Å²) >= 11 is 0. The molecule has 2 N–H and O–H groups in total. The molecule has 0 fully saturated rings. The summed E-state index contributed by atoms with van der Waals surface area (Å²) in [5, 5.41) is 12.9. The van der Waals surface area contributed by atoms with Crippen LogP contribution in [0.1, 0.15) is 26.3 Å². The molecule has 0 radical (unpaired) electrons. The van der Waals surface area contributed by atoms with E-state index in [9.17, 15) is 9.90 Å². The molecule has 0 bridgehead atoms. The van der Waals surface area contributed by atoms with E-state index in [1.807, 2.05) is 52.0 Å². The number of ether oxygens (including phenoxy) is 1. The third-order valence-electron chi connectivity index (χ3n) is 2.98. The number of hydrogen-bond acceptors (Lipinski definition) is 4. The second-order valence-electron chi connectivity index (χ2n) is 6.73. The number of rotatable bonds is 7. The zero-order valence-corrected chi connectivity index (χ0v) is 14.2. The van der Waals surface area contributed by atoms with Crippen molar-refractivity contribution < 1.29 is 14.6 Å². The highest BCUT2D eigenvalue weighted by Crippen LogP contribution is 2.16. The zero-order valence-electron chi connectivity index (χ0n) is 14.2. The number of hydrogen-bond donors (Lipinski definition) is 2. The van der Waals surface area contributed by atoms with E-state index in [0.29, 0.717) is 6.54 Å². The Kier molecular flexibility index (Phi) is 6.84. The van der Waals surface area contributed by atoms with Crippen LogP contribution in [-0.2, 0) is 4.79 Å². The number of aliphatic hydroxyl groups excluding tert-OH is 1. The highest BCUT2D eigenvalue weighted by atomic mass is 16.5. The number of carbonyl (C=O) groups excluding carboxylic acids is 1. The van der Waals surface area contributed by atoms with Gasteiger partial charge in [-0.05, 0) is 46.4 Å². The third-order valence-corrected chi connectivity index (χ3v) is 2.98. The first kappa shape index (κ1) is 18.5. The van der Waals surface area contributed by atoms with E-state index in [2.05, 4.69) is 5.32 Å². The highest BCUT2D eigenvalue weighted by molar-refractivity contribution is 5.78. The molecule has 5 nitrogen and oxygen atoms in total. The van der Waals surface area contributed by atoms with Crippen molar-refractivity contribution in [2.45, 2.75) is 39.3 Å². The number of carbonyl (C=O) groups is 1. The minimum atomic E-state index is -0.646. The highest BCUT2D eigenvalue weighted by Gasteiger charge is 2.17. The van der Waals surface area contributed by atoms with Crippen LogP contribution in [0.25, 0.3) is 0 Å². The van der Waals surface area contributed by atoms with E-state index in [0.717, 1.165) is 11.3 Å². The smallest absolute Gasteiger partial charge is 0.234 e. The maximum Gasteiger partial charge on any atom is 0.234 e. The molecular formula is C17H28N2O3. The number of nitrogens with one attached hydrogen (secondary N) is 1. The summed E-state index contributed by atoms with van der Waals surface area (Å²) in [6.07, 6.45) is -0.646. The van der Waals surface area contributed by atoms with E-state index < -0.39 is 6.10 Å². The van der Waals surface area contributed by atoms with Crippen molar-refractivity contribution >= 4 is 5.91 Å². The molecule has 0 saturated heterocycles. The Balaban J connectivity index is 2.34. The molecule has 0 aliphatic carbocycles. The van der Waals surface area contributed by atoms with Crippen LogP contribution in [0.2, 0.25) is 0 Å². The van der Waals surface area contributed by atoms with Crippen molar-refractivity contribution in [3.63, 3.8) is 0 Å². The van der Waals surface area contributed by atoms with Gasteiger partial charge in [-0.2, -0.15) is 0 Å². The largest absolute Gasteiger partial charge is 0.491 e. The van der Waals surface area contributed by atoms with E-state index in [4.69, 9.17) is 4.74 Å². The first-order valence-electron chi connectivity index (χ1n) is 7.53. The molecule has 0 spiro atoms. The summed E-state index contributed by atoms with van der Waals surface area (Å²) < 4.78 is 5.61. The summed E-state index contributed by atoms with van der Waals surface area (Å²) in [5.41, 5.74) is 0.789. The topological polar surface area (TPSA) is 61.8 Å².